The number of likely N-dealkylation sites (N-methyl/N-ethyl adjacent to an activating group) is 1. The van der Waals surface area contributed by atoms with E-state index in [0.29, 0.717) is 12.6 Å². The van der Waals surface area contributed by atoms with E-state index in [-0.39, 0.29) is 30.3 Å². The van der Waals surface area contributed by atoms with Crippen LogP contribution in [0.4, 0.5) is 0 Å². The van der Waals surface area contributed by atoms with Gasteiger partial charge in [-0.1, -0.05) is 43.2 Å². The molecule has 0 unspecified atom stereocenters. The average molecular weight is 343 g/mol. The van der Waals surface area contributed by atoms with Gasteiger partial charge in [-0.3, -0.25) is 14.5 Å². The zero-order valence-electron chi connectivity index (χ0n) is 15.1. The Morgan fingerprint density at radius 1 is 1.08 bits per heavy atom. The highest BCUT2D eigenvalue weighted by molar-refractivity contribution is 5.81. The summed E-state index contributed by atoms with van der Waals surface area (Å²) in [5, 5.41) is 6.06. The third-order valence-electron chi connectivity index (χ3n) is 5.34. The van der Waals surface area contributed by atoms with Crippen LogP contribution < -0.4 is 10.6 Å². The molecule has 2 saturated carbocycles. The van der Waals surface area contributed by atoms with Crippen molar-refractivity contribution in [3.8, 4) is 0 Å². The minimum Gasteiger partial charge on any atom is -0.354 e. The molecule has 25 heavy (non-hydrogen) atoms. The van der Waals surface area contributed by atoms with E-state index in [1.165, 1.54) is 18.4 Å². The van der Waals surface area contributed by atoms with Crippen LogP contribution in [0.2, 0.25) is 0 Å². The molecule has 3 rings (SSSR count). The Morgan fingerprint density at radius 2 is 1.72 bits per heavy atom. The third kappa shape index (κ3) is 5.05. The second-order valence-electron chi connectivity index (χ2n) is 7.64. The second-order valence-corrected chi connectivity index (χ2v) is 7.64. The van der Waals surface area contributed by atoms with Crippen LogP contribution in [-0.4, -0.2) is 49.4 Å². The number of nitrogens with zero attached hydrogens (tertiary/aromatic N) is 1. The molecule has 0 heterocycles. The van der Waals surface area contributed by atoms with E-state index in [4.69, 9.17) is 0 Å². The average Bonchev–Trinajstić information content (AvgIpc) is 3.26. The summed E-state index contributed by atoms with van der Waals surface area (Å²) in [5.41, 5.74) is 1.39. The normalized spacial score (nSPS) is 19.0. The highest BCUT2D eigenvalue weighted by Gasteiger charge is 2.35. The van der Waals surface area contributed by atoms with Crippen LogP contribution in [0.15, 0.2) is 30.3 Å². The third-order valence-corrected chi connectivity index (χ3v) is 5.34. The van der Waals surface area contributed by atoms with Crippen molar-refractivity contribution in [1.29, 1.82) is 0 Å². The molecule has 5 nitrogen and oxygen atoms in total. The Bertz CT molecular complexity index is 592. The SMILES string of the molecule is CN(CC(=O)NCC1(c2ccccc2)CCCC1)CC(=O)NC1CC1. The number of nitrogens with one attached hydrogen (secondary N) is 2. The summed E-state index contributed by atoms with van der Waals surface area (Å²) in [7, 11) is 1.81. The lowest BCUT2D eigenvalue weighted by molar-refractivity contribution is -0.124. The molecule has 0 saturated heterocycles. The number of hydrogen-bond donors (Lipinski definition) is 2. The molecule has 0 aliphatic heterocycles. The lowest BCUT2D eigenvalue weighted by atomic mass is 9.79. The molecule has 2 fully saturated rings. The molecule has 0 aromatic heterocycles. The van der Waals surface area contributed by atoms with Crippen molar-refractivity contribution in [2.75, 3.05) is 26.7 Å². The largest absolute Gasteiger partial charge is 0.354 e. The van der Waals surface area contributed by atoms with Crippen molar-refractivity contribution >= 4 is 11.8 Å². The number of rotatable bonds is 8. The zero-order valence-corrected chi connectivity index (χ0v) is 15.1. The summed E-state index contributed by atoms with van der Waals surface area (Å²) >= 11 is 0. The maximum atomic E-state index is 12.3. The van der Waals surface area contributed by atoms with Gasteiger partial charge in [-0.05, 0) is 38.3 Å². The topological polar surface area (TPSA) is 61.4 Å². The van der Waals surface area contributed by atoms with E-state index in [1.54, 1.807) is 4.90 Å². The Kier molecular flexibility index (Phi) is 5.74. The fourth-order valence-corrected chi connectivity index (χ4v) is 3.78. The van der Waals surface area contributed by atoms with E-state index >= 15 is 0 Å². The first-order chi connectivity index (χ1) is 12.1. The Hall–Kier alpha value is -1.88. The molecule has 0 radical (unpaired) electrons. The molecule has 136 valence electrons. The smallest absolute Gasteiger partial charge is 0.234 e. The van der Waals surface area contributed by atoms with Crippen molar-refractivity contribution in [2.45, 2.75) is 50.0 Å². The van der Waals surface area contributed by atoms with Gasteiger partial charge < -0.3 is 10.6 Å². The van der Waals surface area contributed by atoms with Gasteiger partial charge in [-0.2, -0.15) is 0 Å². The van der Waals surface area contributed by atoms with Crippen LogP contribution in [-0.2, 0) is 15.0 Å². The van der Waals surface area contributed by atoms with Gasteiger partial charge >= 0.3 is 0 Å². The summed E-state index contributed by atoms with van der Waals surface area (Å²) in [6.45, 7) is 1.20. The number of amides is 2. The lowest BCUT2D eigenvalue weighted by Crippen LogP contribution is -2.45. The van der Waals surface area contributed by atoms with Crippen molar-refractivity contribution < 1.29 is 9.59 Å². The van der Waals surface area contributed by atoms with E-state index in [0.717, 1.165) is 25.7 Å². The molecular formula is C20H29N3O2. The monoisotopic (exact) mass is 343 g/mol. The van der Waals surface area contributed by atoms with Gasteiger partial charge in [0, 0.05) is 18.0 Å². The summed E-state index contributed by atoms with van der Waals surface area (Å²) in [5.74, 6) is -0.00160. The van der Waals surface area contributed by atoms with Crippen molar-refractivity contribution in [3.05, 3.63) is 35.9 Å². The Balaban J connectivity index is 1.47. The van der Waals surface area contributed by atoms with Gasteiger partial charge in [0.05, 0.1) is 13.1 Å². The first-order valence-corrected chi connectivity index (χ1v) is 9.38. The van der Waals surface area contributed by atoms with Crippen LogP contribution in [0.3, 0.4) is 0 Å². The van der Waals surface area contributed by atoms with Gasteiger partial charge in [-0.15, -0.1) is 0 Å². The number of carbonyl (C=O) groups excluding carboxylic acids is 2. The predicted molar refractivity (Wildman–Crippen MR) is 98.3 cm³/mol. The first kappa shape index (κ1) is 17.9. The van der Waals surface area contributed by atoms with Gasteiger partial charge in [-0.25, -0.2) is 0 Å². The van der Waals surface area contributed by atoms with Gasteiger partial charge in [0.25, 0.3) is 0 Å². The highest BCUT2D eigenvalue weighted by atomic mass is 16.2. The van der Waals surface area contributed by atoms with E-state index in [1.807, 2.05) is 13.1 Å². The quantitative estimate of drug-likeness (QED) is 0.757. The summed E-state index contributed by atoms with van der Waals surface area (Å²) in [6, 6.07) is 10.9. The van der Waals surface area contributed by atoms with Crippen LogP contribution >= 0.6 is 0 Å². The minimum atomic E-state index is -0.0103. The summed E-state index contributed by atoms with van der Waals surface area (Å²) in [4.78, 5) is 25.9. The van der Waals surface area contributed by atoms with Crippen molar-refractivity contribution in [3.63, 3.8) is 0 Å². The Labute approximate surface area is 150 Å². The fraction of sp³-hybridized carbons (Fsp3) is 0.600. The van der Waals surface area contributed by atoms with Crippen molar-refractivity contribution in [1.82, 2.24) is 15.5 Å². The number of carbonyl (C=O) groups is 2. The van der Waals surface area contributed by atoms with E-state index < -0.39 is 0 Å². The minimum absolute atomic E-state index is 0.00866. The van der Waals surface area contributed by atoms with E-state index in [2.05, 4.69) is 34.9 Å². The van der Waals surface area contributed by atoms with Crippen molar-refractivity contribution in [2.24, 2.45) is 0 Å². The molecule has 0 spiro atoms. The molecule has 1 aromatic rings. The predicted octanol–water partition coefficient (Wildman–Crippen LogP) is 1.82. The van der Waals surface area contributed by atoms with Gasteiger partial charge in [0.15, 0.2) is 0 Å². The molecular weight excluding hydrogens is 314 g/mol. The maximum absolute atomic E-state index is 12.3. The van der Waals surface area contributed by atoms with Gasteiger partial charge in [0.2, 0.25) is 11.8 Å². The van der Waals surface area contributed by atoms with Crippen LogP contribution in [0.5, 0.6) is 0 Å². The zero-order chi connectivity index (χ0) is 17.7. The molecule has 2 amide bonds. The molecule has 2 aliphatic rings. The summed E-state index contributed by atoms with van der Waals surface area (Å²) < 4.78 is 0. The van der Waals surface area contributed by atoms with Crippen LogP contribution in [0.1, 0.15) is 44.1 Å². The molecule has 0 atom stereocenters. The first-order valence-electron chi connectivity index (χ1n) is 9.38. The van der Waals surface area contributed by atoms with Gasteiger partial charge in [0.1, 0.15) is 0 Å². The fourth-order valence-electron chi connectivity index (χ4n) is 3.78. The lowest BCUT2D eigenvalue weighted by Gasteiger charge is -2.30. The maximum Gasteiger partial charge on any atom is 0.234 e. The van der Waals surface area contributed by atoms with Crippen LogP contribution in [0, 0.1) is 0 Å². The highest BCUT2D eigenvalue weighted by Crippen LogP contribution is 2.40. The number of hydrogen-bond acceptors (Lipinski definition) is 3. The summed E-state index contributed by atoms with van der Waals surface area (Å²) in [6.07, 6.45) is 6.83. The number of benzene rings is 1. The van der Waals surface area contributed by atoms with E-state index in [9.17, 15) is 9.59 Å². The molecule has 1 aromatic carbocycles. The standard InChI is InChI=1S/C20H29N3O2/c1-23(14-19(25)22-17-9-10-17)13-18(24)21-15-20(11-5-6-12-20)16-7-3-2-4-8-16/h2-4,7-8,17H,5-6,9-15H2,1H3,(H,21,24)(H,22,25). The van der Waals surface area contributed by atoms with Crippen LogP contribution in [0.25, 0.3) is 0 Å². The second kappa shape index (κ2) is 8.00. The molecule has 2 N–H and O–H groups in total. The Morgan fingerprint density at radius 3 is 2.36 bits per heavy atom. The molecule has 5 heteroatoms. The molecule has 2 aliphatic carbocycles. The molecule has 0 bridgehead atoms.